The van der Waals surface area contributed by atoms with Crippen molar-refractivity contribution >= 4 is 23.7 Å². The van der Waals surface area contributed by atoms with E-state index in [1.54, 1.807) is 44.2 Å². The van der Waals surface area contributed by atoms with Gasteiger partial charge < -0.3 is 34.8 Å². The van der Waals surface area contributed by atoms with E-state index in [2.05, 4.69) is 5.32 Å². The molecule has 2 aromatic carbocycles. The van der Waals surface area contributed by atoms with Crippen LogP contribution in [0.5, 0.6) is 5.75 Å². The highest BCUT2D eigenvalue weighted by molar-refractivity contribution is 7.89. The number of nitrogens with zero attached hydrogens (tertiary/aromatic N) is 1. The Kier molecular flexibility index (Phi) is 11.3. The van der Waals surface area contributed by atoms with Crippen LogP contribution in [0.1, 0.15) is 19.4 Å². The first kappa shape index (κ1) is 31.7. The van der Waals surface area contributed by atoms with E-state index >= 15 is 0 Å². The number of carbonyl (C=O) groups is 1. The second-order valence-corrected chi connectivity index (χ2v) is 13.1. The minimum Gasteiger partial charge on any atom is -0.497 e. The van der Waals surface area contributed by atoms with Gasteiger partial charge in [-0.2, -0.15) is 4.31 Å². The summed E-state index contributed by atoms with van der Waals surface area (Å²) in [5.74, 6) is 0.440. The number of nitrogens with one attached hydrogen (secondary N) is 1. The van der Waals surface area contributed by atoms with Crippen molar-refractivity contribution in [2.75, 3.05) is 33.2 Å². The molecule has 38 heavy (non-hydrogen) atoms. The number of aliphatic hydroxyl groups excluding tert-OH is 1. The van der Waals surface area contributed by atoms with Crippen molar-refractivity contribution < 1.29 is 47.3 Å². The van der Waals surface area contributed by atoms with Crippen LogP contribution in [0.4, 0.5) is 4.79 Å². The fourth-order valence-corrected chi connectivity index (χ4v) is 5.73. The SMILES string of the molecule is COc1ccc(S(=O)(=O)N(C[C@@H](O)[C@H](Cc2ccccc2)NC(=O)O)CC(C)(C)COCP(=O)(O)O)cc1. The number of ether oxygens (including phenoxy) is 2. The van der Waals surface area contributed by atoms with Gasteiger partial charge in [-0.25, -0.2) is 13.2 Å². The van der Waals surface area contributed by atoms with Crippen molar-refractivity contribution in [1.29, 1.82) is 0 Å². The lowest BCUT2D eigenvalue weighted by molar-refractivity contribution is 0.0536. The van der Waals surface area contributed by atoms with Crippen LogP contribution >= 0.6 is 7.60 Å². The molecule has 0 aliphatic rings. The molecule has 0 heterocycles. The monoisotopic (exact) mass is 574 g/mol. The lowest BCUT2D eigenvalue weighted by Crippen LogP contribution is -2.52. The number of rotatable bonds is 15. The zero-order valence-electron chi connectivity index (χ0n) is 21.4. The molecular formula is C24H35N2O10PS. The standard InChI is InChI=1S/C24H35N2O10PS/c1-24(2,16-36-17-37(30,31)32)15-26(38(33,34)20-11-9-19(35-3)10-12-20)14-22(27)21(25-23(28)29)13-18-7-5-4-6-8-18/h4-12,21-22,25,27H,13-17H2,1-3H3,(H,28,29)(H2,30,31,32)/t21-,22+/m0/s1. The van der Waals surface area contributed by atoms with Crippen LogP contribution in [0.25, 0.3) is 0 Å². The minimum atomic E-state index is -4.43. The first-order chi connectivity index (χ1) is 17.6. The number of carboxylic acid groups (broad SMARTS) is 1. The number of hydrogen-bond acceptors (Lipinski definition) is 7. The van der Waals surface area contributed by atoms with Gasteiger partial charge in [0.05, 0.1) is 30.8 Å². The van der Waals surface area contributed by atoms with Gasteiger partial charge in [0.1, 0.15) is 12.1 Å². The average Bonchev–Trinajstić information content (AvgIpc) is 2.82. The number of hydrogen-bond donors (Lipinski definition) is 5. The van der Waals surface area contributed by atoms with Gasteiger partial charge in [-0.1, -0.05) is 44.2 Å². The first-order valence-electron chi connectivity index (χ1n) is 11.6. The normalized spacial score (nSPS) is 14.2. The van der Waals surface area contributed by atoms with Crippen molar-refractivity contribution in [2.45, 2.75) is 37.3 Å². The van der Waals surface area contributed by atoms with Crippen LogP contribution in [-0.4, -0.2) is 84.1 Å². The van der Waals surface area contributed by atoms with Gasteiger partial charge in [0.2, 0.25) is 10.0 Å². The molecule has 0 radical (unpaired) electrons. The summed E-state index contributed by atoms with van der Waals surface area (Å²) in [4.78, 5) is 29.5. The molecule has 2 atom stereocenters. The third-order valence-electron chi connectivity index (χ3n) is 5.52. The van der Waals surface area contributed by atoms with Crippen LogP contribution < -0.4 is 10.1 Å². The van der Waals surface area contributed by atoms with Gasteiger partial charge >= 0.3 is 13.7 Å². The first-order valence-corrected chi connectivity index (χ1v) is 14.8. The van der Waals surface area contributed by atoms with Crippen LogP contribution in [0, 0.1) is 5.41 Å². The molecule has 2 rings (SSSR count). The largest absolute Gasteiger partial charge is 0.497 e. The maximum atomic E-state index is 13.7. The Morgan fingerprint density at radius 1 is 1.11 bits per heavy atom. The van der Waals surface area contributed by atoms with Crippen LogP contribution in [0.15, 0.2) is 59.5 Å². The number of aliphatic hydroxyl groups is 1. The molecule has 0 bridgehead atoms. The number of benzene rings is 2. The van der Waals surface area contributed by atoms with Gasteiger partial charge in [0, 0.05) is 18.5 Å². The lowest BCUT2D eigenvalue weighted by Gasteiger charge is -2.34. The third-order valence-corrected chi connectivity index (χ3v) is 7.86. The van der Waals surface area contributed by atoms with Crippen LogP contribution in [-0.2, 0) is 25.7 Å². The fourth-order valence-electron chi connectivity index (χ4n) is 3.75. The molecule has 0 saturated heterocycles. The van der Waals surface area contributed by atoms with E-state index in [0.717, 1.165) is 9.87 Å². The van der Waals surface area contributed by atoms with Crippen LogP contribution in [0.3, 0.4) is 0 Å². The average molecular weight is 575 g/mol. The summed E-state index contributed by atoms with van der Waals surface area (Å²) >= 11 is 0. The molecule has 5 N–H and O–H groups in total. The highest BCUT2D eigenvalue weighted by Crippen LogP contribution is 2.35. The van der Waals surface area contributed by atoms with E-state index in [1.165, 1.54) is 31.4 Å². The van der Waals surface area contributed by atoms with Crippen molar-refractivity contribution in [2.24, 2.45) is 5.41 Å². The van der Waals surface area contributed by atoms with Crippen molar-refractivity contribution in [3.05, 3.63) is 60.2 Å². The summed E-state index contributed by atoms with van der Waals surface area (Å²) in [6.45, 7) is 2.43. The zero-order valence-corrected chi connectivity index (χ0v) is 23.1. The van der Waals surface area contributed by atoms with Crippen molar-refractivity contribution in [3.63, 3.8) is 0 Å². The van der Waals surface area contributed by atoms with E-state index in [0.29, 0.717) is 5.75 Å². The van der Waals surface area contributed by atoms with Crippen LogP contribution in [0.2, 0.25) is 0 Å². The molecular weight excluding hydrogens is 539 g/mol. The van der Waals surface area contributed by atoms with Gasteiger partial charge in [0.15, 0.2) is 0 Å². The summed E-state index contributed by atoms with van der Waals surface area (Å²) in [5, 5.41) is 22.7. The Morgan fingerprint density at radius 3 is 2.24 bits per heavy atom. The zero-order chi connectivity index (χ0) is 28.6. The second kappa shape index (κ2) is 13.5. The summed E-state index contributed by atoms with van der Waals surface area (Å²) in [6.07, 6.45) is -3.53. The Bertz CT molecular complexity index is 1190. The number of sulfonamides is 1. The topological polar surface area (TPSA) is 183 Å². The molecule has 1 amide bonds. The summed E-state index contributed by atoms with van der Waals surface area (Å²) in [6, 6.07) is 13.5. The predicted molar refractivity (Wildman–Crippen MR) is 139 cm³/mol. The molecule has 0 unspecified atom stereocenters. The Balaban J connectivity index is 2.36. The van der Waals surface area contributed by atoms with E-state index in [1.807, 2.05) is 0 Å². The molecule has 0 saturated carbocycles. The predicted octanol–water partition coefficient (Wildman–Crippen LogP) is 2.10. The molecule has 0 fully saturated rings. The maximum absolute atomic E-state index is 13.7. The minimum absolute atomic E-state index is 0.0803. The molecule has 0 aliphatic heterocycles. The Hall–Kier alpha value is -2.51. The van der Waals surface area contributed by atoms with Crippen molar-refractivity contribution in [1.82, 2.24) is 9.62 Å². The highest BCUT2D eigenvalue weighted by Gasteiger charge is 2.35. The summed E-state index contributed by atoms with van der Waals surface area (Å²) in [5.41, 5.74) is -0.204. The van der Waals surface area contributed by atoms with E-state index in [9.17, 15) is 28.0 Å². The van der Waals surface area contributed by atoms with E-state index in [4.69, 9.17) is 19.3 Å². The van der Waals surface area contributed by atoms with Gasteiger partial charge in [-0.05, 0) is 36.2 Å². The van der Waals surface area contributed by atoms with E-state index < -0.39 is 54.2 Å². The number of amides is 1. The summed E-state index contributed by atoms with van der Waals surface area (Å²) in [7, 11) is -7.20. The molecule has 0 aromatic heterocycles. The lowest BCUT2D eigenvalue weighted by atomic mass is 9.94. The highest BCUT2D eigenvalue weighted by atomic mass is 32.2. The molecule has 0 aliphatic carbocycles. The molecule has 14 heteroatoms. The van der Waals surface area contributed by atoms with Gasteiger partial charge in [0.25, 0.3) is 0 Å². The number of methoxy groups -OCH3 is 1. The van der Waals surface area contributed by atoms with Gasteiger partial charge in [-0.3, -0.25) is 4.57 Å². The molecule has 0 spiro atoms. The maximum Gasteiger partial charge on any atom is 0.404 e. The molecule has 12 nitrogen and oxygen atoms in total. The Labute approximate surface area is 222 Å². The third kappa shape index (κ3) is 10.3. The van der Waals surface area contributed by atoms with Gasteiger partial charge in [-0.15, -0.1) is 0 Å². The fraction of sp³-hybridized carbons (Fsp3) is 0.458. The second-order valence-electron chi connectivity index (χ2n) is 9.59. The Morgan fingerprint density at radius 2 is 1.71 bits per heavy atom. The quantitative estimate of drug-likeness (QED) is 0.198. The molecule has 2 aromatic rings. The van der Waals surface area contributed by atoms with Crippen molar-refractivity contribution in [3.8, 4) is 5.75 Å². The smallest absolute Gasteiger partial charge is 0.404 e. The van der Waals surface area contributed by atoms with E-state index in [-0.39, 0.29) is 24.5 Å². The summed E-state index contributed by atoms with van der Waals surface area (Å²) < 4.78 is 49.7. The molecule has 212 valence electrons.